The van der Waals surface area contributed by atoms with E-state index in [-0.39, 0.29) is 6.61 Å². The monoisotopic (exact) mass is 309 g/mol. The molecule has 1 saturated heterocycles. The molecule has 0 amide bonds. The van der Waals surface area contributed by atoms with Crippen molar-refractivity contribution in [1.82, 2.24) is 19.5 Å². The molecule has 1 atom stereocenters. The summed E-state index contributed by atoms with van der Waals surface area (Å²) in [5.74, 6) is 0.712. The van der Waals surface area contributed by atoms with Gasteiger partial charge in [-0.1, -0.05) is 12.1 Å². The number of aliphatic hydroxyl groups is 1. The summed E-state index contributed by atoms with van der Waals surface area (Å²) in [5, 5.41) is 9.28. The van der Waals surface area contributed by atoms with E-state index >= 15 is 0 Å². The highest BCUT2D eigenvalue weighted by atomic mass is 16.3. The molecule has 6 nitrogen and oxygen atoms in total. The van der Waals surface area contributed by atoms with Gasteiger partial charge in [-0.05, 0) is 31.0 Å². The van der Waals surface area contributed by atoms with Crippen LogP contribution in [0.5, 0.6) is 0 Å². The Morgan fingerprint density at radius 1 is 1.17 bits per heavy atom. The Bertz CT molecular complexity index is 815. The highest BCUT2D eigenvalue weighted by Gasteiger charge is 2.27. The molecule has 1 unspecified atom stereocenters. The van der Waals surface area contributed by atoms with Crippen molar-refractivity contribution in [1.29, 1.82) is 0 Å². The van der Waals surface area contributed by atoms with Crippen LogP contribution in [-0.4, -0.2) is 37.2 Å². The molecule has 1 N–H and O–H groups in total. The van der Waals surface area contributed by atoms with Crippen molar-refractivity contribution in [2.45, 2.75) is 32.0 Å². The van der Waals surface area contributed by atoms with Crippen molar-refractivity contribution in [3.05, 3.63) is 48.5 Å². The summed E-state index contributed by atoms with van der Waals surface area (Å²) >= 11 is 0. The second kappa shape index (κ2) is 5.96. The van der Waals surface area contributed by atoms with Crippen LogP contribution in [0.1, 0.15) is 18.5 Å². The topological polar surface area (TPSA) is 67.1 Å². The Kier molecular flexibility index (Phi) is 3.67. The zero-order valence-corrected chi connectivity index (χ0v) is 12.8. The van der Waals surface area contributed by atoms with Crippen LogP contribution in [0.2, 0.25) is 0 Å². The molecule has 1 aromatic carbocycles. The molecule has 23 heavy (non-hydrogen) atoms. The SMILES string of the molecule is OCc1ccnc(N2CCCC2Cn2cnc3ccccc32)n1. The van der Waals surface area contributed by atoms with Crippen LogP contribution in [0, 0.1) is 0 Å². The average molecular weight is 309 g/mol. The molecule has 1 aliphatic rings. The number of aliphatic hydroxyl groups excluding tert-OH is 1. The Morgan fingerprint density at radius 3 is 3.00 bits per heavy atom. The normalized spacial score (nSPS) is 18.0. The van der Waals surface area contributed by atoms with Gasteiger partial charge in [0.2, 0.25) is 5.95 Å². The van der Waals surface area contributed by atoms with Gasteiger partial charge in [0.15, 0.2) is 0 Å². The fourth-order valence-electron chi connectivity index (χ4n) is 3.28. The van der Waals surface area contributed by atoms with E-state index in [9.17, 15) is 5.11 Å². The molecule has 0 spiro atoms. The van der Waals surface area contributed by atoms with E-state index in [2.05, 4.69) is 30.5 Å². The van der Waals surface area contributed by atoms with E-state index in [0.717, 1.165) is 37.0 Å². The van der Waals surface area contributed by atoms with Crippen molar-refractivity contribution < 1.29 is 5.11 Å². The molecule has 3 aromatic rings. The molecular formula is C17H19N5O. The zero-order valence-electron chi connectivity index (χ0n) is 12.8. The first-order valence-electron chi connectivity index (χ1n) is 7.94. The number of anilines is 1. The molecule has 2 aromatic heterocycles. The van der Waals surface area contributed by atoms with Gasteiger partial charge in [0.25, 0.3) is 0 Å². The minimum Gasteiger partial charge on any atom is -0.390 e. The predicted molar refractivity (Wildman–Crippen MR) is 88.1 cm³/mol. The summed E-state index contributed by atoms with van der Waals surface area (Å²) in [7, 11) is 0. The number of para-hydroxylation sites is 2. The Balaban J connectivity index is 1.60. The number of benzene rings is 1. The molecule has 6 heteroatoms. The van der Waals surface area contributed by atoms with Crippen LogP contribution in [0.3, 0.4) is 0 Å². The number of nitrogens with zero attached hydrogens (tertiary/aromatic N) is 5. The summed E-state index contributed by atoms with van der Waals surface area (Å²) in [6.45, 7) is 1.76. The minimum absolute atomic E-state index is 0.0554. The van der Waals surface area contributed by atoms with Crippen molar-refractivity contribution in [3.8, 4) is 0 Å². The first kappa shape index (κ1) is 14.1. The molecule has 118 valence electrons. The van der Waals surface area contributed by atoms with Gasteiger partial charge in [0.1, 0.15) is 0 Å². The second-order valence-electron chi connectivity index (χ2n) is 5.88. The highest BCUT2D eigenvalue weighted by molar-refractivity contribution is 5.74. The summed E-state index contributed by atoms with van der Waals surface area (Å²) in [6.07, 6.45) is 5.87. The minimum atomic E-state index is -0.0554. The number of imidazole rings is 1. The van der Waals surface area contributed by atoms with Gasteiger partial charge in [0.05, 0.1) is 29.7 Å². The first-order chi connectivity index (χ1) is 11.3. The molecule has 0 radical (unpaired) electrons. The molecule has 1 aliphatic heterocycles. The molecule has 0 saturated carbocycles. The van der Waals surface area contributed by atoms with Crippen molar-refractivity contribution >= 4 is 17.0 Å². The van der Waals surface area contributed by atoms with E-state index in [1.807, 2.05) is 24.5 Å². The van der Waals surface area contributed by atoms with Gasteiger partial charge in [-0.2, -0.15) is 0 Å². The lowest BCUT2D eigenvalue weighted by Gasteiger charge is -2.25. The summed E-state index contributed by atoms with van der Waals surface area (Å²) < 4.78 is 2.20. The van der Waals surface area contributed by atoms with Gasteiger partial charge < -0.3 is 14.6 Å². The summed E-state index contributed by atoms with van der Waals surface area (Å²) in [6, 6.07) is 10.3. The average Bonchev–Trinajstić information content (AvgIpc) is 3.23. The summed E-state index contributed by atoms with van der Waals surface area (Å²) in [4.78, 5) is 15.6. The smallest absolute Gasteiger partial charge is 0.225 e. The lowest BCUT2D eigenvalue weighted by atomic mass is 10.2. The molecule has 0 bridgehead atoms. The fraction of sp³-hybridized carbons (Fsp3) is 0.353. The van der Waals surface area contributed by atoms with E-state index < -0.39 is 0 Å². The largest absolute Gasteiger partial charge is 0.390 e. The summed E-state index contributed by atoms with van der Waals surface area (Å²) in [5.41, 5.74) is 2.84. The predicted octanol–water partition coefficient (Wildman–Crippen LogP) is 1.99. The van der Waals surface area contributed by atoms with Gasteiger partial charge in [-0.25, -0.2) is 15.0 Å². The van der Waals surface area contributed by atoms with E-state index in [0.29, 0.717) is 17.7 Å². The Hall–Kier alpha value is -2.47. The van der Waals surface area contributed by atoms with Crippen molar-refractivity contribution in [2.24, 2.45) is 0 Å². The maximum Gasteiger partial charge on any atom is 0.225 e. The molecule has 3 heterocycles. The number of hydrogen-bond donors (Lipinski definition) is 1. The van der Waals surface area contributed by atoms with Gasteiger partial charge in [-0.15, -0.1) is 0 Å². The van der Waals surface area contributed by atoms with Gasteiger partial charge in [-0.3, -0.25) is 0 Å². The Labute approximate surface area is 134 Å². The maximum absolute atomic E-state index is 9.28. The lowest BCUT2D eigenvalue weighted by Crippen LogP contribution is -2.34. The lowest BCUT2D eigenvalue weighted by molar-refractivity contribution is 0.276. The van der Waals surface area contributed by atoms with E-state index in [4.69, 9.17) is 0 Å². The van der Waals surface area contributed by atoms with Gasteiger partial charge >= 0.3 is 0 Å². The molecule has 0 aliphatic carbocycles. The number of hydrogen-bond acceptors (Lipinski definition) is 5. The zero-order chi connectivity index (χ0) is 15.6. The third-order valence-corrected chi connectivity index (χ3v) is 4.43. The third-order valence-electron chi connectivity index (χ3n) is 4.43. The third kappa shape index (κ3) is 2.66. The molecule has 4 rings (SSSR count). The highest BCUT2D eigenvalue weighted by Crippen LogP contribution is 2.25. The van der Waals surface area contributed by atoms with E-state index in [1.165, 1.54) is 0 Å². The number of rotatable bonds is 4. The van der Waals surface area contributed by atoms with Crippen LogP contribution in [0.15, 0.2) is 42.9 Å². The number of fused-ring (bicyclic) bond motifs is 1. The molecular weight excluding hydrogens is 290 g/mol. The molecule has 1 fully saturated rings. The fourth-order valence-corrected chi connectivity index (χ4v) is 3.28. The first-order valence-corrected chi connectivity index (χ1v) is 7.94. The van der Waals surface area contributed by atoms with Gasteiger partial charge in [0, 0.05) is 25.3 Å². The Morgan fingerprint density at radius 2 is 2.09 bits per heavy atom. The van der Waals surface area contributed by atoms with Crippen LogP contribution in [0.25, 0.3) is 11.0 Å². The van der Waals surface area contributed by atoms with Crippen molar-refractivity contribution in [2.75, 3.05) is 11.4 Å². The maximum atomic E-state index is 9.28. The quantitative estimate of drug-likeness (QED) is 0.798. The van der Waals surface area contributed by atoms with Crippen LogP contribution in [0.4, 0.5) is 5.95 Å². The van der Waals surface area contributed by atoms with Crippen LogP contribution < -0.4 is 4.90 Å². The van der Waals surface area contributed by atoms with Crippen LogP contribution in [-0.2, 0) is 13.2 Å². The van der Waals surface area contributed by atoms with Crippen molar-refractivity contribution in [3.63, 3.8) is 0 Å². The number of aromatic nitrogens is 4. The second-order valence-corrected chi connectivity index (χ2v) is 5.88. The van der Waals surface area contributed by atoms with E-state index in [1.54, 1.807) is 12.3 Å². The van der Waals surface area contributed by atoms with Crippen LogP contribution >= 0.6 is 0 Å². The standard InChI is InChI=1S/C17H19N5O/c23-11-13-7-8-18-17(20-13)22-9-3-4-14(22)10-21-12-19-15-5-1-2-6-16(15)21/h1-2,5-8,12,14,23H,3-4,9-11H2.